The Morgan fingerprint density at radius 2 is 0.581 bits per heavy atom. The van der Waals surface area contributed by atoms with Gasteiger partial charge in [0.25, 0.3) is 0 Å². The molecule has 3 aromatic carbocycles. The van der Waals surface area contributed by atoms with Crippen LogP contribution in [0.15, 0.2) is 109 Å². The first-order chi connectivity index (χ1) is 29.0. The average Bonchev–Trinajstić information content (AvgIpc) is 3.25. The van der Waals surface area contributed by atoms with Gasteiger partial charge in [-0.2, -0.15) is 0 Å². The molecule has 3 heterocycles. The van der Waals surface area contributed by atoms with Crippen LogP contribution in [0, 0.1) is 0 Å². The van der Waals surface area contributed by atoms with Gasteiger partial charge in [-0.1, -0.05) is 138 Å². The summed E-state index contributed by atoms with van der Waals surface area (Å²) in [5, 5.41) is 0. The van der Waals surface area contributed by atoms with Crippen molar-refractivity contribution in [2.24, 2.45) is 0 Å². The van der Waals surface area contributed by atoms with Gasteiger partial charge in [-0.3, -0.25) is 0 Å². The van der Waals surface area contributed by atoms with Gasteiger partial charge in [0.1, 0.15) is 16.3 Å². The zero-order chi connectivity index (χ0) is 44.3. The molecule has 0 aliphatic heterocycles. The van der Waals surface area contributed by atoms with E-state index in [0.717, 1.165) is 72.3 Å². The minimum Gasteiger partial charge on any atom is -0.304 e. The summed E-state index contributed by atoms with van der Waals surface area (Å²) in [7, 11) is -3.76. The van der Waals surface area contributed by atoms with E-state index in [0.29, 0.717) is 16.3 Å². The molecule has 6 aromatic rings. The molecule has 9 rings (SSSR count). The highest BCUT2D eigenvalue weighted by molar-refractivity contribution is 7.84. The first kappa shape index (κ1) is 42.6. The maximum atomic E-state index is 16.6. The molecule has 5 heteroatoms. The third-order valence-corrected chi connectivity index (χ3v) is 18.3. The van der Waals surface area contributed by atoms with Gasteiger partial charge in [0.05, 0.1) is 17.1 Å². The summed E-state index contributed by atoms with van der Waals surface area (Å²) in [6.45, 7) is 28.3. The lowest BCUT2D eigenvalue weighted by atomic mass is 9.63. The fraction of sp³-hybridized carbons (Fsp3) is 0.421. The molecule has 0 unspecified atom stereocenters. The zero-order valence-electron chi connectivity index (χ0n) is 39.3. The van der Waals surface area contributed by atoms with Gasteiger partial charge in [-0.15, -0.1) is 0 Å². The summed E-state index contributed by atoms with van der Waals surface area (Å²) in [4.78, 5) is 16.0. The Balaban J connectivity index is 1.21. The quantitative estimate of drug-likeness (QED) is 0.157. The van der Waals surface area contributed by atoms with Crippen LogP contribution in [-0.2, 0) is 37.1 Å². The van der Waals surface area contributed by atoms with E-state index in [9.17, 15) is 0 Å². The van der Waals surface area contributed by atoms with Gasteiger partial charge in [-0.25, -0.2) is 15.0 Å². The van der Waals surface area contributed by atoms with E-state index in [-0.39, 0.29) is 32.5 Å². The fourth-order valence-corrected chi connectivity index (χ4v) is 13.2. The smallest absolute Gasteiger partial charge is 0.223 e. The molecule has 320 valence electrons. The standard InChI is InChI=1S/C57H66N3OP/c1-52(2)28-31-55(7,8)43-34-37(22-25-40(43)52)46-16-13-19-49(58-46)62(61,50-20-14-17-47(59-50)38-23-26-41-44(35-38)56(9,10)32-29-53(41,3)4)51-21-15-18-48(60-51)39-24-27-42-45(36-39)57(11,12)33-30-54(42,5)6/h13-27,34-36H,28-33H2,1-12H3. The van der Waals surface area contributed by atoms with Crippen molar-refractivity contribution >= 4 is 23.4 Å². The first-order valence-corrected chi connectivity index (χ1v) is 24.7. The number of pyridine rings is 3. The monoisotopic (exact) mass is 839 g/mol. The van der Waals surface area contributed by atoms with Crippen LogP contribution >= 0.6 is 7.14 Å². The number of rotatable bonds is 6. The van der Waals surface area contributed by atoms with Crippen molar-refractivity contribution in [1.82, 2.24) is 15.0 Å². The Hall–Kier alpha value is -4.66. The van der Waals surface area contributed by atoms with Gasteiger partial charge in [0, 0.05) is 16.7 Å². The molecule has 3 aliphatic rings. The van der Waals surface area contributed by atoms with Crippen LogP contribution < -0.4 is 16.3 Å². The second kappa shape index (κ2) is 14.4. The summed E-state index contributed by atoms with van der Waals surface area (Å²) in [5.41, 5.74) is 15.8. The second-order valence-electron chi connectivity index (χ2n) is 22.8. The maximum absolute atomic E-state index is 16.6. The van der Waals surface area contributed by atoms with Crippen molar-refractivity contribution < 1.29 is 4.57 Å². The topological polar surface area (TPSA) is 55.7 Å². The Kier molecular flexibility index (Phi) is 9.92. The zero-order valence-corrected chi connectivity index (χ0v) is 40.2. The number of hydrogen-bond acceptors (Lipinski definition) is 4. The van der Waals surface area contributed by atoms with Crippen molar-refractivity contribution in [1.29, 1.82) is 0 Å². The van der Waals surface area contributed by atoms with Crippen molar-refractivity contribution in [3.05, 3.63) is 143 Å². The molecule has 0 N–H and O–H groups in total. The largest absolute Gasteiger partial charge is 0.304 e. The third kappa shape index (κ3) is 7.13. The van der Waals surface area contributed by atoms with Crippen molar-refractivity contribution in [3.8, 4) is 33.8 Å². The SMILES string of the molecule is CC1(C)CCC(C)(C)c2cc(-c3cccc(P(=O)(c4cccc(-c5ccc6c(c5)C(C)(C)CCC6(C)C)n4)c4cccc(-c5ccc6c(c5)C(C)(C)CCC6(C)C)n4)n3)ccc21. The highest BCUT2D eigenvalue weighted by atomic mass is 31.2. The Bertz CT molecular complexity index is 2500. The molecular formula is C57H66N3OP. The summed E-state index contributed by atoms with van der Waals surface area (Å²) >= 11 is 0. The molecule has 0 bridgehead atoms. The van der Waals surface area contributed by atoms with Crippen molar-refractivity contribution in [2.75, 3.05) is 0 Å². The second-order valence-corrected chi connectivity index (χ2v) is 25.4. The summed E-state index contributed by atoms with van der Waals surface area (Å²) in [6.07, 6.45) is 6.85. The van der Waals surface area contributed by atoms with E-state index in [1.165, 1.54) is 33.4 Å². The predicted octanol–water partition coefficient (Wildman–Crippen LogP) is 13.6. The van der Waals surface area contributed by atoms with Crippen LogP contribution in [0.5, 0.6) is 0 Å². The molecular weight excluding hydrogens is 774 g/mol. The third-order valence-electron chi connectivity index (χ3n) is 15.6. The summed E-state index contributed by atoms with van der Waals surface area (Å²) < 4.78 is 16.6. The minimum absolute atomic E-state index is 0.0474. The molecule has 0 radical (unpaired) electrons. The molecule has 0 fully saturated rings. The highest BCUT2D eigenvalue weighted by Gasteiger charge is 2.41. The van der Waals surface area contributed by atoms with Crippen LogP contribution in [-0.4, -0.2) is 15.0 Å². The molecule has 0 atom stereocenters. The van der Waals surface area contributed by atoms with Crippen LogP contribution in [0.3, 0.4) is 0 Å². The minimum atomic E-state index is -3.76. The van der Waals surface area contributed by atoms with Crippen molar-refractivity contribution in [2.45, 2.75) is 154 Å². The number of benzene rings is 3. The van der Waals surface area contributed by atoms with Gasteiger partial charge in [-0.05, 0) is 159 Å². The van der Waals surface area contributed by atoms with E-state index in [1.807, 2.05) is 36.4 Å². The van der Waals surface area contributed by atoms with E-state index in [1.54, 1.807) is 0 Å². The predicted molar refractivity (Wildman–Crippen MR) is 261 cm³/mol. The number of fused-ring (bicyclic) bond motifs is 3. The van der Waals surface area contributed by atoms with E-state index < -0.39 is 7.14 Å². The Labute approximate surface area is 371 Å². The van der Waals surface area contributed by atoms with Gasteiger partial charge >= 0.3 is 0 Å². The molecule has 0 amide bonds. The first-order valence-electron chi connectivity index (χ1n) is 23.0. The van der Waals surface area contributed by atoms with Crippen LogP contribution in [0.1, 0.15) is 155 Å². The molecule has 0 spiro atoms. The van der Waals surface area contributed by atoms with Gasteiger partial charge in [0.2, 0.25) is 7.14 Å². The summed E-state index contributed by atoms with van der Waals surface area (Å²) in [5.74, 6) is 0. The molecule has 3 aliphatic carbocycles. The van der Waals surface area contributed by atoms with Gasteiger partial charge in [0.15, 0.2) is 0 Å². The molecule has 0 saturated carbocycles. The molecule has 62 heavy (non-hydrogen) atoms. The van der Waals surface area contributed by atoms with Gasteiger partial charge < -0.3 is 4.57 Å². The molecule has 3 aromatic heterocycles. The lowest BCUT2D eigenvalue weighted by Crippen LogP contribution is -2.34. The molecule has 0 saturated heterocycles. The maximum Gasteiger partial charge on any atom is 0.223 e. The average molecular weight is 840 g/mol. The Morgan fingerprint density at radius 1 is 0.339 bits per heavy atom. The van der Waals surface area contributed by atoms with E-state index >= 15 is 4.57 Å². The van der Waals surface area contributed by atoms with Crippen molar-refractivity contribution in [3.63, 3.8) is 0 Å². The molecule has 4 nitrogen and oxygen atoms in total. The number of nitrogens with zero attached hydrogens (tertiary/aromatic N) is 3. The van der Waals surface area contributed by atoms with Crippen LogP contribution in [0.4, 0.5) is 0 Å². The van der Waals surface area contributed by atoms with Crippen LogP contribution in [0.25, 0.3) is 33.8 Å². The highest BCUT2D eigenvalue weighted by Crippen LogP contribution is 2.50. The van der Waals surface area contributed by atoms with Crippen LogP contribution in [0.2, 0.25) is 0 Å². The fourth-order valence-electron chi connectivity index (χ4n) is 10.9. The lowest BCUT2D eigenvalue weighted by molar-refractivity contribution is 0.332. The Morgan fingerprint density at radius 3 is 0.839 bits per heavy atom. The summed E-state index contributed by atoms with van der Waals surface area (Å²) in [6, 6.07) is 38.5. The normalized spacial score (nSPS) is 20.1. The lowest BCUT2D eigenvalue weighted by Gasteiger charge is -2.42. The van der Waals surface area contributed by atoms with E-state index in [4.69, 9.17) is 15.0 Å². The number of aromatic nitrogens is 3. The number of hydrogen-bond donors (Lipinski definition) is 0. The van der Waals surface area contributed by atoms with E-state index in [2.05, 4.69) is 156 Å².